The van der Waals surface area contributed by atoms with Crippen LogP contribution in [0.15, 0.2) is 72.3 Å². The molecule has 1 aliphatic rings. The Labute approximate surface area is 196 Å². The fraction of sp³-hybridized carbons (Fsp3) is 0.115. The highest BCUT2D eigenvalue weighted by Crippen LogP contribution is 2.28. The van der Waals surface area contributed by atoms with Crippen LogP contribution in [0, 0.1) is 13.8 Å². The van der Waals surface area contributed by atoms with Crippen molar-refractivity contribution in [2.24, 2.45) is 0 Å². The summed E-state index contributed by atoms with van der Waals surface area (Å²) < 4.78 is 5.81. The lowest BCUT2D eigenvalue weighted by Gasteiger charge is -2.26. The third-order valence-electron chi connectivity index (χ3n) is 5.14. The van der Waals surface area contributed by atoms with Crippen LogP contribution >= 0.6 is 11.6 Å². The van der Waals surface area contributed by atoms with E-state index in [0.717, 1.165) is 21.6 Å². The number of imide groups is 2. The molecule has 3 aromatic carbocycles. The van der Waals surface area contributed by atoms with Gasteiger partial charge in [-0.05, 0) is 55.3 Å². The Morgan fingerprint density at radius 3 is 2.39 bits per heavy atom. The SMILES string of the molecule is Cc1ccc(N2C(=O)NC(=O)/C(=C\c3ccc(OCc4cccc(C)c4)c(Cl)c3)C2=O)cc1. The number of benzene rings is 3. The lowest BCUT2D eigenvalue weighted by atomic mass is 10.1. The highest BCUT2D eigenvalue weighted by atomic mass is 35.5. The van der Waals surface area contributed by atoms with Crippen LogP contribution in [0.3, 0.4) is 0 Å². The van der Waals surface area contributed by atoms with Crippen molar-refractivity contribution in [3.63, 3.8) is 0 Å². The molecule has 3 aromatic rings. The molecule has 4 amide bonds. The first-order chi connectivity index (χ1) is 15.8. The topological polar surface area (TPSA) is 75.7 Å². The van der Waals surface area contributed by atoms with Crippen molar-refractivity contribution >= 4 is 41.2 Å². The smallest absolute Gasteiger partial charge is 0.335 e. The summed E-state index contributed by atoms with van der Waals surface area (Å²) in [5, 5.41) is 2.55. The Kier molecular flexibility index (Phi) is 6.29. The van der Waals surface area contributed by atoms with Crippen molar-refractivity contribution in [3.8, 4) is 5.75 Å². The van der Waals surface area contributed by atoms with Crippen LogP contribution in [0.25, 0.3) is 6.08 Å². The number of anilines is 1. The predicted octanol–water partition coefficient (Wildman–Crippen LogP) is 5.20. The molecule has 1 aliphatic heterocycles. The van der Waals surface area contributed by atoms with Crippen LogP contribution in [-0.2, 0) is 16.2 Å². The fourth-order valence-electron chi connectivity index (χ4n) is 3.44. The van der Waals surface area contributed by atoms with Crippen molar-refractivity contribution in [2.45, 2.75) is 20.5 Å². The summed E-state index contributed by atoms with van der Waals surface area (Å²) >= 11 is 6.38. The van der Waals surface area contributed by atoms with Gasteiger partial charge in [-0.3, -0.25) is 14.9 Å². The zero-order valence-electron chi connectivity index (χ0n) is 18.1. The number of nitrogens with one attached hydrogen (secondary N) is 1. The summed E-state index contributed by atoms with van der Waals surface area (Å²) in [6, 6.07) is 19.0. The first-order valence-electron chi connectivity index (χ1n) is 10.3. The van der Waals surface area contributed by atoms with E-state index in [4.69, 9.17) is 16.3 Å². The largest absolute Gasteiger partial charge is 0.487 e. The number of amides is 4. The van der Waals surface area contributed by atoms with E-state index < -0.39 is 17.8 Å². The van der Waals surface area contributed by atoms with E-state index >= 15 is 0 Å². The number of halogens is 1. The first kappa shape index (κ1) is 22.3. The molecule has 4 rings (SSSR count). The van der Waals surface area contributed by atoms with Crippen LogP contribution in [0.2, 0.25) is 5.02 Å². The lowest BCUT2D eigenvalue weighted by molar-refractivity contribution is -0.122. The number of barbiturate groups is 1. The average molecular weight is 461 g/mol. The summed E-state index contributed by atoms with van der Waals surface area (Å²) in [4.78, 5) is 38.6. The van der Waals surface area contributed by atoms with Crippen LogP contribution < -0.4 is 15.0 Å². The van der Waals surface area contributed by atoms with E-state index in [9.17, 15) is 14.4 Å². The molecular formula is C26H21ClN2O4. The second-order valence-electron chi connectivity index (χ2n) is 7.76. The van der Waals surface area contributed by atoms with Crippen LogP contribution in [0.5, 0.6) is 5.75 Å². The molecule has 0 saturated carbocycles. The monoisotopic (exact) mass is 460 g/mol. The van der Waals surface area contributed by atoms with E-state index in [1.165, 1.54) is 6.08 Å². The number of nitrogens with zero attached hydrogens (tertiary/aromatic N) is 1. The molecule has 6 nitrogen and oxygen atoms in total. The first-order valence-corrected chi connectivity index (χ1v) is 10.7. The lowest BCUT2D eigenvalue weighted by Crippen LogP contribution is -2.54. The van der Waals surface area contributed by atoms with Gasteiger partial charge in [-0.2, -0.15) is 0 Å². The molecule has 0 aliphatic carbocycles. The number of carbonyl (C=O) groups is 3. The Bertz CT molecular complexity index is 1280. The van der Waals surface area contributed by atoms with Crippen LogP contribution in [0.4, 0.5) is 10.5 Å². The number of urea groups is 1. The number of ether oxygens (including phenoxy) is 1. The normalized spacial score (nSPS) is 15.1. The highest BCUT2D eigenvalue weighted by molar-refractivity contribution is 6.39. The molecule has 1 heterocycles. The van der Waals surface area contributed by atoms with Crippen LogP contribution in [-0.4, -0.2) is 17.8 Å². The zero-order valence-corrected chi connectivity index (χ0v) is 18.8. The zero-order chi connectivity index (χ0) is 23.5. The predicted molar refractivity (Wildman–Crippen MR) is 127 cm³/mol. The van der Waals surface area contributed by atoms with Crippen molar-refractivity contribution in [1.82, 2.24) is 5.32 Å². The third-order valence-corrected chi connectivity index (χ3v) is 5.43. The number of rotatable bonds is 5. The second kappa shape index (κ2) is 9.30. The standard InChI is InChI=1S/C26H21ClN2O4/c1-16-6-9-20(10-7-16)29-25(31)21(24(30)28-26(29)32)13-18-8-11-23(22(27)14-18)33-15-19-5-3-4-17(2)12-19/h3-14H,15H2,1-2H3,(H,28,30,32)/b21-13+. The summed E-state index contributed by atoms with van der Waals surface area (Å²) in [6.07, 6.45) is 1.40. The van der Waals surface area contributed by atoms with Gasteiger partial charge in [0, 0.05) is 0 Å². The van der Waals surface area contributed by atoms with Crippen LogP contribution in [0.1, 0.15) is 22.3 Å². The quantitative estimate of drug-likeness (QED) is 0.419. The Morgan fingerprint density at radius 1 is 0.939 bits per heavy atom. The van der Waals surface area contributed by atoms with Gasteiger partial charge < -0.3 is 4.74 Å². The van der Waals surface area contributed by atoms with Gasteiger partial charge in [0.15, 0.2) is 0 Å². The number of carbonyl (C=O) groups excluding carboxylic acids is 3. The minimum Gasteiger partial charge on any atom is -0.487 e. The van der Waals surface area contributed by atoms with Crippen molar-refractivity contribution in [2.75, 3.05) is 4.90 Å². The molecule has 0 unspecified atom stereocenters. The fourth-order valence-corrected chi connectivity index (χ4v) is 3.68. The van der Waals surface area contributed by atoms with E-state index in [-0.39, 0.29) is 5.57 Å². The van der Waals surface area contributed by atoms with Gasteiger partial charge in [0.25, 0.3) is 11.8 Å². The summed E-state index contributed by atoms with van der Waals surface area (Å²) in [5.74, 6) is -0.982. The molecule has 1 fully saturated rings. The van der Waals surface area contributed by atoms with Gasteiger partial charge in [0.1, 0.15) is 17.9 Å². The summed E-state index contributed by atoms with van der Waals surface area (Å²) in [6.45, 7) is 4.26. The molecule has 0 radical (unpaired) electrons. The van der Waals surface area contributed by atoms with Gasteiger partial charge in [0.2, 0.25) is 0 Å². The Balaban J connectivity index is 1.56. The molecule has 0 spiro atoms. The molecule has 0 atom stereocenters. The van der Waals surface area contributed by atoms with Crippen molar-refractivity contribution in [3.05, 3.63) is 99.6 Å². The van der Waals surface area contributed by atoms with Crippen molar-refractivity contribution < 1.29 is 19.1 Å². The second-order valence-corrected chi connectivity index (χ2v) is 8.17. The molecule has 0 aromatic heterocycles. The maximum absolute atomic E-state index is 13.0. The van der Waals surface area contributed by atoms with E-state index in [1.54, 1.807) is 42.5 Å². The van der Waals surface area contributed by atoms with E-state index in [2.05, 4.69) is 5.32 Å². The van der Waals surface area contributed by atoms with Gasteiger partial charge in [-0.1, -0.05) is 65.2 Å². The maximum atomic E-state index is 13.0. The maximum Gasteiger partial charge on any atom is 0.335 e. The number of aryl methyl sites for hydroxylation is 2. The summed E-state index contributed by atoms with van der Waals surface area (Å²) in [7, 11) is 0. The van der Waals surface area contributed by atoms with Gasteiger partial charge in [0.05, 0.1) is 10.7 Å². The van der Waals surface area contributed by atoms with Gasteiger partial charge in [-0.15, -0.1) is 0 Å². The summed E-state index contributed by atoms with van der Waals surface area (Å²) in [5.41, 5.74) is 3.87. The molecular weight excluding hydrogens is 440 g/mol. The molecule has 0 bridgehead atoms. The average Bonchev–Trinajstić information content (AvgIpc) is 2.77. The number of hydrogen-bond acceptors (Lipinski definition) is 4. The van der Waals surface area contributed by atoms with Gasteiger partial charge >= 0.3 is 6.03 Å². The number of hydrogen-bond donors (Lipinski definition) is 1. The molecule has 7 heteroatoms. The Morgan fingerprint density at radius 2 is 1.70 bits per heavy atom. The molecule has 33 heavy (non-hydrogen) atoms. The minimum atomic E-state index is -0.788. The highest BCUT2D eigenvalue weighted by Gasteiger charge is 2.36. The molecule has 166 valence electrons. The third kappa shape index (κ3) is 4.96. The molecule has 1 N–H and O–H groups in total. The Hall–Kier alpha value is -3.90. The van der Waals surface area contributed by atoms with Gasteiger partial charge in [-0.25, -0.2) is 9.69 Å². The van der Waals surface area contributed by atoms with E-state index in [0.29, 0.717) is 28.6 Å². The van der Waals surface area contributed by atoms with Crippen molar-refractivity contribution in [1.29, 1.82) is 0 Å². The molecule has 1 saturated heterocycles. The minimum absolute atomic E-state index is 0.167. The van der Waals surface area contributed by atoms with E-state index in [1.807, 2.05) is 38.1 Å².